The molecule has 1 N–H and O–H groups in total. The maximum Gasteiger partial charge on any atom is 0.128 e. The zero-order valence-electron chi connectivity index (χ0n) is 10.0. The predicted octanol–water partition coefficient (Wildman–Crippen LogP) is 2.95. The summed E-state index contributed by atoms with van der Waals surface area (Å²) in [5.74, 6) is 1.68. The second-order valence-electron chi connectivity index (χ2n) is 4.61. The van der Waals surface area contributed by atoms with Crippen molar-refractivity contribution in [3.05, 3.63) is 40.8 Å². The van der Waals surface area contributed by atoms with Gasteiger partial charge in [0.05, 0.1) is 0 Å². The molecule has 3 heterocycles. The van der Waals surface area contributed by atoms with Crippen molar-refractivity contribution >= 4 is 21.7 Å². The van der Waals surface area contributed by atoms with Gasteiger partial charge < -0.3 is 4.90 Å². The summed E-state index contributed by atoms with van der Waals surface area (Å²) in [7, 11) is 0. The molecule has 5 heteroatoms. The molecule has 0 spiro atoms. The van der Waals surface area contributed by atoms with Crippen LogP contribution < -0.4 is 4.90 Å². The second-order valence-corrected chi connectivity index (χ2v) is 5.52. The molecule has 0 unspecified atom stereocenters. The van der Waals surface area contributed by atoms with Crippen molar-refractivity contribution in [1.29, 1.82) is 0 Å². The molecule has 2 aromatic heterocycles. The molecule has 0 aromatic carbocycles. The molecule has 3 rings (SSSR count). The van der Waals surface area contributed by atoms with Crippen LogP contribution in [0.3, 0.4) is 0 Å². The SMILES string of the molecule is Brc1ccc(N2CCC(c3ccn[nH]3)CC2)nc1. The number of nitrogens with one attached hydrogen (secondary N) is 1. The van der Waals surface area contributed by atoms with E-state index in [9.17, 15) is 0 Å². The van der Waals surface area contributed by atoms with Crippen LogP contribution in [-0.4, -0.2) is 28.3 Å². The predicted molar refractivity (Wildman–Crippen MR) is 74.7 cm³/mol. The fourth-order valence-corrected chi connectivity index (χ4v) is 2.70. The number of aromatic amines is 1. The van der Waals surface area contributed by atoms with Crippen molar-refractivity contribution in [3.63, 3.8) is 0 Å². The fraction of sp³-hybridized carbons (Fsp3) is 0.385. The molecule has 0 radical (unpaired) electrons. The van der Waals surface area contributed by atoms with Crippen molar-refractivity contribution in [2.24, 2.45) is 0 Å². The third-order valence-electron chi connectivity index (χ3n) is 3.49. The number of halogens is 1. The molecule has 1 aliphatic heterocycles. The highest BCUT2D eigenvalue weighted by atomic mass is 79.9. The van der Waals surface area contributed by atoms with E-state index >= 15 is 0 Å². The topological polar surface area (TPSA) is 44.8 Å². The average Bonchev–Trinajstić information content (AvgIpc) is 2.94. The van der Waals surface area contributed by atoms with Gasteiger partial charge in [0.15, 0.2) is 0 Å². The Morgan fingerprint density at radius 3 is 2.67 bits per heavy atom. The maximum atomic E-state index is 4.45. The van der Waals surface area contributed by atoms with Gasteiger partial charge >= 0.3 is 0 Å². The first-order valence-corrected chi connectivity index (χ1v) is 6.98. The van der Waals surface area contributed by atoms with Crippen LogP contribution in [-0.2, 0) is 0 Å². The molecular formula is C13H15BrN4. The van der Waals surface area contributed by atoms with Crippen LogP contribution >= 0.6 is 15.9 Å². The van der Waals surface area contributed by atoms with Gasteiger partial charge in [0.2, 0.25) is 0 Å². The first-order valence-electron chi connectivity index (χ1n) is 6.19. The maximum absolute atomic E-state index is 4.45. The molecule has 18 heavy (non-hydrogen) atoms. The van der Waals surface area contributed by atoms with Crippen molar-refractivity contribution in [2.45, 2.75) is 18.8 Å². The van der Waals surface area contributed by atoms with Gasteiger partial charge in [0.1, 0.15) is 5.82 Å². The molecule has 0 aliphatic carbocycles. The van der Waals surface area contributed by atoms with E-state index in [0.717, 1.165) is 36.2 Å². The van der Waals surface area contributed by atoms with E-state index in [1.54, 1.807) is 0 Å². The van der Waals surface area contributed by atoms with Crippen LogP contribution in [0, 0.1) is 0 Å². The third kappa shape index (κ3) is 2.41. The summed E-state index contributed by atoms with van der Waals surface area (Å²) in [6.45, 7) is 2.11. The van der Waals surface area contributed by atoms with E-state index in [1.807, 2.05) is 18.5 Å². The highest BCUT2D eigenvalue weighted by molar-refractivity contribution is 9.10. The number of nitrogens with zero attached hydrogens (tertiary/aromatic N) is 3. The highest BCUT2D eigenvalue weighted by Crippen LogP contribution is 2.28. The summed E-state index contributed by atoms with van der Waals surface area (Å²) in [5.41, 5.74) is 1.26. The number of rotatable bonds is 2. The summed E-state index contributed by atoms with van der Waals surface area (Å²) in [4.78, 5) is 6.80. The average molecular weight is 307 g/mol. The van der Waals surface area contributed by atoms with Gasteiger partial charge in [-0.05, 0) is 47.0 Å². The van der Waals surface area contributed by atoms with Gasteiger partial charge in [-0.1, -0.05) is 0 Å². The molecule has 1 fully saturated rings. The van der Waals surface area contributed by atoms with E-state index < -0.39 is 0 Å². The molecule has 0 atom stereocenters. The summed E-state index contributed by atoms with van der Waals surface area (Å²) in [6.07, 6.45) is 5.99. The van der Waals surface area contributed by atoms with E-state index in [0.29, 0.717) is 5.92 Å². The van der Waals surface area contributed by atoms with Crippen LogP contribution in [0.5, 0.6) is 0 Å². The lowest BCUT2D eigenvalue weighted by atomic mass is 9.94. The van der Waals surface area contributed by atoms with Gasteiger partial charge in [-0.2, -0.15) is 5.10 Å². The molecule has 94 valence electrons. The lowest BCUT2D eigenvalue weighted by molar-refractivity contribution is 0.493. The normalized spacial score (nSPS) is 17.1. The Balaban J connectivity index is 1.65. The minimum absolute atomic E-state index is 0.610. The van der Waals surface area contributed by atoms with Crippen molar-refractivity contribution in [1.82, 2.24) is 15.2 Å². The Bertz CT molecular complexity index is 486. The molecular weight excluding hydrogens is 292 g/mol. The zero-order chi connectivity index (χ0) is 12.4. The minimum atomic E-state index is 0.610. The van der Waals surface area contributed by atoms with Crippen LogP contribution in [0.4, 0.5) is 5.82 Å². The van der Waals surface area contributed by atoms with Crippen LogP contribution in [0.2, 0.25) is 0 Å². The van der Waals surface area contributed by atoms with E-state index in [-0.39, 0.29) is 0 Å². The Morgan fingerprint density at radius 1 is 1.22 bits per heavy atom. The highest BCUT2D eigenvalue weighted by Gasteiger charge is 2.22. The number of hydrogen-bond acceptors (Lipinski definition) is 3. The van der Waals surface area contributed by atoms with E-state index in [2.05, 4.69) is 48.1 Å². The monoisotopic (exact) mass is 306 g/mol. The zero-order valence-corrected chi connectivity index (χ0v) is 11.6. The van der Waals surface area contributed by atoms with Gasteiger partial charge in [-0.3, -0.25) is 5.10 Å². The van der Waals surface area contributed by atoms with Crippen LogP contribution in [0.25, 0.3) is 0 Å². The summed E-state index contributed by atoms with van der Waals surface area (Å²) in [6, 6.07) is 6.20. The van der Waals surface area contributed by atoms with E-state index in [4.69, 9.17) is 0 Å². The lowest BCUT2D eigenvalue weighted by Crippen LogP contribution is -2.33. The Morgan fingerprint density at radius 2 is 2.06 bits per heavy atom. The number of hydrogen-bond donors (Lipinski definition) is 1. The third-order valence-corrected chi connectivity index (χ3v) is 3.96. The lowest BCUT2D eigenvalue weighted by Gasteiger charge is -2.32. The van der Waals surface area contributed by atoms with Gasteiger partial charge in [0.25, 0.3) is 0 Å². The number of aromatic nitrogens is 3. The first kappa shape index (κ1) is 11.7. The Labute approximate surface area is 115 Å². The van der Waals surface area contributed by atoms with Gasteiger partial charge in [-0.25, -0.2) is 4.98 Å². The smallest absolute Gasteiger partial charge is 0.128 e. The summed E-state index contributed by atoms with van der Waals surface area (Å²) < 4.78 is 1.03. The Hall–Kier alpha value is -1.36. The minimum Gasteiger partial charge on any atom is -0.357 e. The molecule has 1 saturated heterocycles. The molecule has 4 nitrogen and oxygen atoms in total. The van der Waals surface area contributed by atoms with Gasteiger partial charge in [0, 0.05) is 41.6 Å². The Kier molecular flexibility index (Phi) is 3.32. The number of H-pyrrole nitrogens is 1. The number of piperidine rings is 1. The number of anilines is 1. The second kappa shape index (κ2) is 5.10. The molecule has 0 bridgehead atoms. The van der Waals surface area contributed by atoms with Crippen molar-refractivity contribution in [3.8, 4) is 0 Å². The largest absolute Gasteiger partial charge is 0.357 e. The van der Waals surface area contributed by atoms with Crippen molar-refractivity contribution in [2.75, 3.05) is 18.0 Å². The standard InChI is InChI=1S/C13H15BrN4/c14-11-1-2-13(15-9-11)18-7-4-10(5-8-18)12-3-6-16-17-12/h1-3,6,9-10H,4-5,7-8H2,(H,16,17). The summed E-state index contributed by atoms with van der Waals surface area (Å²) in [5, 5.41) is 7.11. The molecule has 1 aliphatic rings. The quantitative estimate of drug-likeness (QED) is 0.928. The first-order chi connectivity index (χ1) is 8.83. The molecule has 2 aromatic rings. The molecule has 0 saturated carbocycles. The van der Waals surface area contributed by atoms with Crippen LogP contribution in [0.1, 0.15) is 24.5 Å². The fourth-order valence-electron chi connectivity index (χ4n) is 2.47. The van der Waals surface area contributed by atoms with Crippen LogP contribution in [0.15, 0.2) is 35.1 Å². The van der Waals surface area contributed by atoms with E-state index in [1.165, 1.54) is 5.69 Å². The van der Waals surface area contributed by atoms with Gasteiger partial charge in [-0.15, -0.1) is 0 Å². The molecule has 0 amide bonds. The van der Waals surface area contributed by atoms with Crippen molar-refractivity contribution < 1.29 is 0 Å². The number of pyridine rings is 1. The summed E-state index contributed by atoms with van der Waals surface area (Å²) >= 11 is 3.41.